The highest BCUT2D eigenvalue weighted by atomic mass is 16.5. The number of H-pyrrole nitrogens is 1. The lowest BCUT2D eigenvalue weighted by Gasteiger charge is -2.16. The number of aryl methyl sites for hydroxylation is 1. The van der Waals surface area contributed by atoms with Crippen LogP contribution in [0.25, 0.3) is 0 Å². The average Bonchev–Trinajstić information content (AvgIpc) is 2.75. The van der Waals surface area contributed by atoms with E-state index in [9.17, 15) is 14.4 Å². The van der Waals surface area contributed by atoms with Crippen LogP contribution in [0.15, 0.2) is 15.8 Å². The lowest BCUT2D eigenvalue weighted by Crippen LogP contribution is -2.33. The summed E-state index contributed by atoms with van der Waals surface area (Å²) in [6, 6.07) is -0.376. The molecule has 0 bridgehead atoms. The van der Waals surface area contributed by atoms with Crippen molar-refractivity contribution in [2.24, 2.45) is 5.73 Å². The summed E-state index contributed by atoms with van der Waals surface area (Å²) in [5, 5.41) is 0. The fraction of sp³-hybridized carbons (Fsp3) is 0.615. The van der Waals surface area contributed by atoms with E-state index < -0.39 is 23.6 Å². The van der Waals surface area contributed by atoms with E-state index >= 15 is 0 Å². The molecule has 0 aliphatic carbocycles. The van der Waals surface area contributed by atoms with Gasteiger partial charge in [-0.3, -0.25) is 19.1 Å². The van der Waals surface area contributed by atoms with E-state index in [1.54, 1.807) is 13.8 Å². The van der Waals surface area contributed by atoms with E-state index in [-0.39, 0.29) is 18.4 Å². The summed E-state index contributed by atoms with van der Waals surface area (Å²) in [6.07, 6.45) is 0.763. The minimum atomic E-state index is -0.595. The lowest BCUT2D eigenvalue weighted by molar-refractivity contribution is -0.146. The first-order valence-electron chi connectivity index (χ1n) is 6.81. The smallest absolute Gasteiger partial charge is 0.330 e. The molecule has 116 valence electrons. The SMILES string of the molecule is CCOC(=O)C[C@H]1O[C@@H](n2cc(C)c(=O)[nH]c2=O)C[C@@H]1N. The van der Waals surface area contributed by atoms with Crippen molar-refractivity contribution in [1.29, 1.82) is 0 Å². The fourth-order valence-electron chi connectivity index (χ4n) is 2.31. The zero-order valence-corrected chi connectivity index (χ0v) is 12.0. The van der Waals surface area contributed by atoms with Crippen molar-refractivity contribution in [3.05, 3.63) is 32.6 Å². The Kier molecular flexibility index (Phi) is 4.59. The van der Waals surface area contributed by atoms with Crippen molar-refractivity contribution in [2.45, 2.75) is 45.1 Å². The number of carbonyl (C=O) groups excluding carboxylic acids is 1. The molecule has 1 fully saturated rings. The molecule has 1 aliphatic rings. The Morgan fingerprint density at radius 2 is 2.29 bits per heavy atom. The van der Waals surface area contributed by atoms with Gasteiger partial charge in [0.25, 0.3) is 5.56 Å². The van der Waals surface area contributed by atoms with Gasteiger partial charge in [0.2, 0.25) is 0 Å². The molecule has 1 aromatic rings. The number of nitrogens with two attached hydrogens (primary N) is 1. The maximum absolute atomic E-state index is 11.8. The normalized spacial score (nSPS) is 25.0. The highest BCUT2D eigenvalue weighted by molar-refractivity contribution is 5.70. The van der Waals surface area contributed by atoms with E-state index in [4.69, 9.17) is 15.2 Å². The van der Waals surface area contributed by atoms with E-state index in [1.807, 2.05) is 0 Å². The van der Waals surface area contributed by atoms with Crippen molar-refractivity contribution in [2.75, 3.05) is 6.61 Å². The first kappa shape index (κ1) is 15.5. The predicted molar refractivity (Wildman–Crippen MR) is 73.8 cm³/mol. The number of nitrogens with zero attached hydrogens (tertiary/aromatic N) is 1. The Morgan fingerprint density at radius 3 is 2.95 bits per heavy atom. The minimum absolute atomic E-state index is 0.0442. The van der Waals surface area contributed by atoms with Crippen molar-refractivity contribution < 1.29 is 14.3 Å². The molecule has 8 nitrogen and oxygen atoms in total. The van der Waals surface area contributed by atoms with Gasteiger partial charge in [-0.2, -0.15) is 0 Å². The molecular formula is C13H19N3O5. The second kappa shape index (κ2) is 6.23. The van der Waals surface area contributed by atoms with Gasteiger partial charge in [0.15, 0.2) is 0 Å². The van der Waals surface area contributed by atoms with E-state index in [0.29, 0.717) is 18.6 Å². The van der Waals surface area contributed by atoms with Gasteiger partial charge in [-0.05, 0) is 13.8 Å². The molecule has 21 heavy (non-hydrogen) atoms. The molecule has 0 spiro atoms. The highest BCUT2D eigenvalue weighted by Gasteiger charge is 2.36. The van der Waals surface area contributed by atoms with Gasteiger partial charge in [0, 0.05) is 24.2 Å². The number of hydrogen-bond donors (Lipinski definition) is 2. The third-order valence-electron chi connectivity index (χ3n) is 3.41. The largest absolute Gasteiger partial charge is 0.466 e. The van der Waals surface area contributed by atoms with Crippen LogP contribution >= 0.6 is 0 Å². The van der Waals surface area contributed by atoms with Gasteiger partial charge in [-0.25, -0.2) is 4.79 Å². The predicted octanol–water partition coefficient (Wildman–Crippen LogP) is -0.587. The topological polar surface area (TPSA) is 116 Å². The number of esters is 1. The maximum Gasteiger partial charge on any atom is 0.330 e. The zero-order chi connectivity index (χ0) is 15.6. The van der Waals surface area contributed by atoms with Crippen molar-refractivity contribution in [3.8, 4) is 0 Å². The second-order valence-corrected chi connectivity index (χ2v) is 5.02. The molecule has 3 N–H and O–H groups in total. The second-order valence-electron chi connectivity index (χ2n) is 5.02. The van der Waals surface area contributed by atoms with Crippen LogP contribution < -0.4 is 17.0 Å². The number of aromatic nitrogens is 2. The molecule has 0 unspecified atom stereocenters. The molecule has 1 saturated heterocycles. The Morgan fingerprint density at radius 1 is 1.57 bits per heavy atom. The zero-order valence-electron chi connectivity index (χ0n) is 12.0. The number of ether oxygens (including phenoxy) is 2. The monoisotopic (exact) mass is 297 g/mol. The van der Waals surface area contributed by atoms with Gasteiger partial charge in [-0.15, -0.1) is 0 Å². The van der Waals surface area contributed by atoms with Crippen LogP contribution in [0.5, 0.6) is 0 Å². The van der Waals surface area contributed by atoms with Gasteiger partial charge < -0.3 is 15.2 Å². The van der Waals surface area contributed by atoms with E-state index in [2.05, 4.69) is 4.98 Å². The number of carbonyl (C=O) groups is 1. The molecule has 1 aromatic heterocycles. The van der Waals surface area contributed by atoms with Crippen LogP contribution in [0.2, 0.25) is 0 Å². The number of aromatic amines is 1. The highest BCUT2D eigenvalue weighted by Crippen LogP contribution is 2.28. The fourth-order valence-corrected chi connectivity index (χ4v) is 2.31. The quantitative estimate of drug-likeness (QED) is 0.718. The molecule has 0 radical (unpaired) electrons. The van der Waals surface area contributed by atoms with E-state index in [0.717, 1.165) is 0 Å². The molecule has 0 saturated carbocycles. The lowest BCUT2D eigenvalue weighted by atomic mass is 10.1. The van der Waals surface area contributed by atoms with Crippen LogP contribution in [0, 0.1) is 6.92 Å². The summed E-state index contributed by atoms with van der Waals surface area (Å²) in [6.45, 7) is 3.61. The van der Waals surface area contributed by atoms with Crippen molar-refractivity contribution in [3.63, 3.8) is 0 Å². The number of hydrogen-bond acceptors (Lipinski definition) is 6. The Labute approximate surface area is 120 Å². The number of rotatable bonds is 4. The van der Waals surface area contributed by atoms with Crippen LogP contribution in [-0.4, -0.2) is 34.3 Å². The molecule has 2 heterocycles. The van der Waals surface area contributed by atoms with Crippen LogP contribution in [0.1, 0.15) is 31.6 Å². The third-order valence-corrected chi connectivity index (χ3v) is 3.41. The standard InChI is InChI=1S/C13H19N3O5/c1-3-20-11(17)5-9-8(14)4-10(21-9)16-6-7(2)12(18)15-13(16)19/h6,8-10H,3-5,14H2,1-2H3,(H,15,18,19)/t8-,9+,10+/m0/s1. The van der Waals surface area contributed by atoms with Crippen LogP contribution in [-0.2, 0) is 14.3 Å². The maximum atomic E-state index is 11.8. The van der Waals surface area contributed by atoms with Crippen LogP contribution in [0.3, 0.4) is 0 Å². The van der Waals surface area contributed by atoms with Crippen molar-refractivity contribution in [1.82, 2.24) is 9.55 Å². The summed E-state index contributed by atoms with van der Waals surface area (Å²) in [4.78, 5) is 36.9. The van der Waals surface area contributed by atoms with Gasteiger partial charge in [0.1, 0.15) is 6.23 Å². The molecule has 0 aromatic carbocycles. The first-order valence-corrected chi connectivity index (χ1v) is 6.81. The summed E-state index contributed by atoms with van der Waals surface area (Å²) >= 11 is 0. The average molecular weight is 297 g/mol. The minimum Gasteiger partial charge on any atom is -0.466 e. The van der Waals surface area contributed by atoms with E-state index in [1.165, 1.54) is 10.8 Å². The molecule has 2 rings (SSSR count). The van der Waals surface area contributed by atoms with Gasteiger partial charge in [-0.1, -0.05) is 0 Å². The Bertz CT molecular complexity index is 635. The molecular weight excluding hydrogens is 278 g/mol. The van der Waals surface area contributed by atoms with Crippen LogP contribution in [0.4, 0.5) is 0 Å². The summed E-state index contributed by atoms with van der Waals surface area (Å²) in [5.41, 5.74) is 5.37. The molecule has 0 amide bonds. The third kappa shape index (κ3) is 3.40. The van der Waals surface area contributed by atoms with Gasteiger partial charge >= 0.3 is 11.7 Å². The number of nitrogens with one attached hydrogen (secondary N) is 1. The molecule has 3 atom stereocenters. The Balaban J connectivity index is 2.14. The van der Waals surface area contributed by atoms with Gasteiger partial charge in [0.05, 0.1) is 19.1 Å². The summed E-state index contributed by atoms with van der Waals surface area (Å²) in [7, 11) is 0. The summed E-state index contributed by atoms with van der Waals surface area (Å²) in [5.74, 6) is -0.386. The summed E-state index contributed by atoms with van der Waals surface area (Å²) < 4.78 is 11.8. The molecule has 1 aliphatic heterocycles. The first-order chi connectivity index (χ1) is 9.92. The van der Waals surface area contributed by atoms with Crippen molar-refractivity contribution >= 4 is 5.97 Å². The Hall–Kier alpha value is -1.93. The molecule has 8 heteroatoms.